The molecule has 2 heterocycles. The fourth-order valence-corrected chi connectivity index (χ4v) is 7.98. The van der Waals surface area contributed by atoms with Gasteiger partial charge in [0.25, 0.3) is 0 Å². The molecule has 0 spiro atoms. The number of hydrogen-bond donors (Lipinski definition) is 0. The molecule has 10 rings (SSSR count). The number of hydrogen-bond acceptors (Lipinski definition) is 0. The molecule has 0 radical (unpaired) electrons. The maximum atomic E-state index is 2.46. The van der Waals surface area contributed by atoms with E-state index in [1.807, 2.05) is 0 Å². The molecule has 0 saturated carbocycles. The van der Waals surface area contributed by atoms with Crippen molar-refractivity contribution in [2.24, 2.45) is 0 Å². The van der Waals surface area contributed by atoms with E-state index in [1.54, 1.807) is 0 Å². The van der Waals surface area contributed by atoms with Gasteiger partial charge in [-0.3, -0.25) is 0 Å². The van der Waals surface area contributed by atoms with Crippen molar-refractivity contribution in [2.45, 2.75) is 0 Å². The zero-order valence-electron chi connectivity index (χ0n) is 27.4. The number of fused-ring (bicyclic) bond motifs is 6. The SMILES string of the molecule is c1ccc(-c2ccccc2-c2ccc(-n3c4ccccc4c4cccc(-c5cccc6c7ccccc7n(-c7ccccc7)c56)c43)cc2)cc1. The first-order valence-corrected chi connectivity index (χ1v) is 17.2. The summed E-state index contributed by atoms with van der Waals surface area (Å²) >= 11 is 0. The van der Waals surface area contributed by atoms with Crippen molar-refractivity contribution in [3.8, 4) is 44.8 Å². The average Bonchev–Trinajstić information content (AvgIpc) is 3.72. The lowest BCUT2D eigenvalue weighted by molar-refractivity contribution is 1.17. The number of rotatable bonds is 5. The van der Waals surface area contributed by atoms with Crippen molar-refractivity contribution in [1.29, 1.82) is 0 Å². The minimum atomic E-state index is 1.14. The first kappa shape index (κ1) is 28.4. The van der Waals surface area contributed by atoms with Gasteiger partial charge in [-0.1, -0.05) is 158 Å². The van der Waals surface area contributed by atoms with Crippen LogP contribution in [0, 0.1) is 0 Å². The summed E-state index contributed by atoms with van der Waals surface area (Å²) in [5, 5.41) is 5.00. The molecule has 0 atom stereocenters. The van der Waals surface area contributed by atoms with Gasteiger partial charge in [-0.25, -0.2) is 0 Å². The summed E-state index contributed by atoms with van der Waals surface area (Å²) in [4.78, 5) is 0. The van der Waals surface area contributed by atoms with Crippen LogP contribution in [0.25, 0.3) is 88.4 Å². The Labute approximate surface area is 290 Å². The smallest absolute Gasteiger partial charge is 0.0620 e. The maximum Gasteiger partial charge on any atom is 0.0620 e. The molecule has 0 amide bonds. The number of benzene rings is 8. The van der Waals surface area contributed by atoms with E-state index in [4.69, 9.17) is 0 Å². The summed E-state index contributed by atoms with van der Waals surface area (Å²) in [5.41, 5.74) is 14.5. The van der Waals surface area contributed by atoms with Gasteiger partial charge in [-0.05, 0) is 58.7 Å². The van der Waals surface area contributed by atoms with Crippen LogP contribution >= 0.6 is 0 Å². The Morgan fingerprint density at radius 3 is 1.16 bits per heavy atom. The van der Waals surface area contributed by atoms with Crippen molar-refractivity contribution < 1.29 is 0 Å². The van der Waals surface area contributed by atoms with Crippen LogP contribution in [0.5, 0.6) is 0 Å². The van der Waals surface area contributed by atoms with Crippen molar-refractivity contribution >= 4 is 43.6 Å². The molecule has 0 aliphatic heterocycles. The maximum absolute atomic E-state index is 2.46. The van der Waals surface area contributed by atoms with E-state index in [-0.39, 0.29) is 0 Å². The number of nitrogens with zero attached hydrogens (tertiary/aromatic N) is 2. The lowest BCUT2D eigenvalue weighted by Gasteiger charge is -2.15. The second-order valence-corrected chi connectivity index (χ2v) is 12.9. The third-order valence-corrected chi connectivity index (χ3v) is 10.1. The van der Waals surface area contributed by atoms with Crippen LogP contribution in [0.3, 0.4) is 0 Å². The molecule has 0 unspecified atom stereocenters. The first-order valence-electron chi connectivity index (χ1n) is 17.2. The van der Waals surface area contributed by atoms with Crippen LogP contribution < -0.4 is 0 Å². The molecule has 10 aromatic rings. The Bertz CT molecular complexity index is 2840. The highest BCUT2D eigenvalue weighted by molar-refractivity contribution is 6.19. The highest BCUT2D eigenvalue weighted by Crippen LogP contribution is 2.43. The Morgan fingerprint density at radius 2 is 0.620 bits per heavy atom. The first-order chi connectivity index (χ1) is 24.8. The fraction of sp³-hybridized carbons (Fsp3) is 0. The average molecular weight is 637 g/mol. The highest BCUT2D eigenvalue weighted by Gasteiger charge is 2.21. The van der Waals surface area contributed by atoms with E-state index < -0.39 is 0 Å². The summed E-state index contributed by atoms with van der Waals surface area (Å²) in [6.45, 7) is 0. The summed E-state index contributed by atoms with van der Waals surface area (Å²) < 4.78 is 4.89. The molecule has 0 saturated heterocycles. The number of aromatic nitrogens is 2. The van der Waals surface area contributed by atoms with Gasteiger partial charge in [0.05, 0.1) is 22.1 Å². The largest absolute Gasteiger partial charge is 0.309 e. The lowest BCUT2D eigenvalue weighted by Crippen LogP contribution is -1.98. The zero-order chi connectivity index (χ0) is 33.0. The van der Waals surface area contributed by atoms with Gasteiger partial charge < -0.3 is 9.13 Å². The standard InChI is InChI=1S/C48H32N2/c1-3-15-33(16-4-1)37-19-7-8-20-38(37)34-29-31-36(32-30-34)50-46-28-12-10-22-40(46)42-24-14-26-44(48(42)50)43-25-13-23-41-39-21-9-11-27-45(39)49(47(41)43)35-17-5-2-6-18-35/h1-32H. The second-order valence-electron chi connectivity index (χ2n) is 12.9. The van der Waals surface area contributed by atoms with E-state index in [0.29, 0.717) is 0 Å². The molecule has 234 valence electrons. The van der Waals surface area contributed by atoms with Gasteiger partial charge in [-0.15, -0.1) is 0 Å². The predicted octanol–water partition coefficient (Wildman–Crippen LogP) is 12.9. The van der Waals surface area contributed by atoms with Gasteiger partial charge in [-0.2, -0.15) is 0 Å². The van der Waals surface area contributed by atoms with Crippen LogP contribution in [-0.4, -0.2) is 9.13 Å². The molecular weight excluding hydrogens is 605 g/mol. The molecule has 2 aromatic heterocycles. The van der Waals surface area contributed by atoms with Gasteiger partial charge >= 0.3 is 0 Å². The van der Waals surface area contributed by atoms with Crippen LogP contribution in [0.2, 0.25) is 0 Å². The Balaban J connectivity index is 1.23. The van der Waals surface area contributed by atoms with E-state index in [9.17, 15) is 0 Å². The van der Waals surface area contributed by atoms with Crippen molar-refractivity contribution in [1.82, 2.24) is 9.13 Å². The van der Waals surface area contributed by atoms with Gasteiger partial charge in [0, 0.05) is 44.0 Å². The Hall–Kier alpha value is -6.64. The van der Waals surface area contributed by atoms with Crippen molar-refractivity contribution in [2.75, 3.05) is 0 Å². The zero-order valence-corrected chi connectivity index (χ0v) is 27.4. The molecule has 0 bridgehead atoms. The summed E-state index contributed by atoms with van der Waals surface area (Å²) in [6.07, 6.45) is 0. The minimum Gasteiger partial charge on any atom is -0.309 e. The van der Waals surface area contributed by atoms with Gasteiger partial charge in [0.15, 0.2) is 0 Å². The lowest BCUT2D eigenvalue weighted by atomic mass is 9.94. The molecule has 2 nitrogen and oxygen atoms in total. The van der Waals surface area contributed by atoms with Crippen molar-refractivity contribution in [3.63, 3.8) is 0 Å². The molecule has 0 fully saturated rings. The third-order valence-electron chi connectivity index (χ3n) is 10.1. The van der Waals surface area contributed by atoms with E-state index in [0.717, 1.165) is 11.4 Å². The van der Waals surface area contributed by atoms with Gasteiger partial charge in [0.2, 0.25) is 0 Å². The molecule has 0 N–H and O–H groups in total. The van der Waals surface area contributed by atoms with E-state index in [2.05, 4.69) is 203 Å². The quantitative estimate of drug-likeness (QED) is 0.178. The van der Waals surface area contributed by atoms with E-state index in [1.165, 1.54) is 77.0 Å². The van der Waals surface area contributed by atoms with E-state index >= 15 is 0 Å². The molecule has 50 heavy (non-hydrogen) atoms. The normalized spacial score (nSPS) is 11.6. The number of para-hydroxylation sites is 5. The monoisotopic (exact) mass is 636 g/mol. The van der Waals surface area contributed by atoms with Gasteiger partial charge in [0.1, 0.15) is 0 Å². The summed E-state index contributed by atoms with van der Waals surface area (Å²) in [6, 6.07) is 70.3. The molecule has 2 heteroatoms. The van der Waals surface area contributed by atoms with Crippen LogP contribution in [-0.2, 0) is 0 Å². The molecule has 8 aromatic carbocycles. The van der Waals surface area contributed by atoms with Crippen LogP contribution in [0.1, 0.15) is 0 Å². The molecule has 0 aliphatic carbocycles. The topological polar surface area (TPSA) is 9.86 Å². The minimum absolute atomic E-state index is 1.14. The molecule has 0 aliphatic rings. The van der Waals surface area contributed by atoms with Crippen molar-refractivity contribution in [3.05, 3.63) is 194 Å². The third kappa shape index (κ3) is 4.36. The summed E-state index contributed by atoms with van der Waals surface area (Å²) in [5.74, 6) is 0. The summed E-state index contributed by atoms with van der Waals surface area (Å²) in [7, 11) is 0. The second kappa shape index (κ2) is 11.5. The van der Waals surface area contributed by atoms with Crippen LogP contribution in [0.15, 0.2) is 194 Å². The fourth-order valence-electron chi connectivity index (χ4n) is 7.98. The highest BCUT2D eigenvalue weighted by atomic mass is 15.0. The van der Waals surface area contributed by atoms with Crippen LogP contribution in [0.4, 0.5) is 0 Å². The predicted molar refractivity (Wildman–Crippen MR) is 211 cm³/mol. The molecular formula is C48H32N2. The Kier molecular flexibility index (Phi) is 6.53. The Morgan fingerprint density at radius 1 is 0.240 bits per heavy atom.